The fourth-order valence-electron chi connectivity index (χ4n) is 1.82. The number of aromatic hydroxyl groups is 1. The van der Waals surface area contributed by atoms with Crippen LogP contribution in [0.2, 0.25) is 0 Å². The molecule has 3 aromatic rings. The van der Waals surface area contributed by atoms with Gasteiger partial charge >= 0.3 is 0 Å². The highest BCUT2D eigenvalue weighted by Crippen LogP contribution is 2.27. The first-order valence-corrected chi connectivity index (χ1v) is 6.58. The average Bonchev–Trinajstić information content (AvgIpc) is 2.94. The van der Waals surface area contributed by atoms with Crippen LogP contribution in [0, 0.1) is 5.82 Å². The number of nitrogens with zero attached hydrogens (tertiary/aromatic N) is 2. The third-order valence-corrected chi connectivity index (χ3v) is 3.30. The first-order valence-electron chi connectivity index (χ1n) is 5.63. The summed E-state index contributed by atoms with van der Waals surface area (Å²) < 4.78 is 13.7. The average molecular weight is 289 g/mol. The normalized spacial score (nSPS) is 10.7. The molecular formula is C13H8FN3O2S. The molecular weight excluding hydrogens is 281 g/mol. The van der Waals surface area contributed by atoms with E-state index in [1.165, 1.54) is 29.5 Å². The van der Waals surface area contributed by atoms with Gasteiger partial charge in [0.25, 0.3) is 5.56 Å². The molecule has 0 aliphatic heterocycles. The molecule has 0 spiro atoms. The lowest BCUT2D eigenvalue weighted by Crippen LogP contribution is -2.12. The summed E-state index contributed by atoms with van der Waals surface area (Å²) in [5, 5.41) is 11.6. The minimum Gasteiger partial charge on any atom is -0.493 e. The summed E-state index contributed by atoms with van der Waals surface area (Å²) in [5.74, 6) is -0.979. The second-order valence-electron chi connectivity index (χ2n) is 3.97. The molecule has 2 aromatic heterocycles. The Labute approximate surface area is 116 Å². The molecule has 0 atom stereocenters. The molecule has 3 rings (SSSR count). The summed E-state index contributed by atoms with van der Waals surface area (Å²) in [6, 6.07) is 5.69. The van der Waals surface area contributed by atoms with Crippen molar-refractivity contribution in [1.82, 2.24) is 15.0 Å². The van der Waals surface area contributed by atoms with Gasteiger partial charge in [-0.2, -0.15) is 4.98 Å². The second-order valence-corrected chi connectivity index (χ2v) is 4.69. The van der Waals surface area contributed by atoms with E-state index in [1.54, 1.807) is 17.0 Å². The topological polar surface area (TPSA) is 78.9 Å². The molecule has 5 nitrogen and oxygen atoms in total. The van der Waals surface area contributed by atoms with Crippen molar-refractivity contribution in [3.63, 3.8) is 0 Å². The predicted molar refractivity (Wildman–Crippen MR) is 73.0 cm³/mol. The molecule has 7 heteroatoms. The van der Waals surface area contributed by atoms with Gasteiger partial charge in [0, 0.05) is 10.9 Å². The van der Waals surface area contributed by atoms with E-state index >= 15 is 0 Å². The number of benzene rings is 1. The third-order valence-electron chi connectivity index (χ3n) is 2.72. The first-order chi connectivity index (χ1) is 9.66. The molecule has 2 heterocycles. The van der Waals surface area contributed by atoms with Gasteiger partial charge < -0.3 is 10.1 Å². The summed E-state index contributed by atoms with van der Waals surface area (Å²) in [7, 11) is 0. The Balaban J connectivity index is 2.20. The number of halogens is 1. The Kier molecular flexibility index (Phi) is 3.03. The SMILES string of the molecule is O=c1[nH]c(-c2cscn2)nc(O)c1-c1ccccc1F. The molecule has 20 heavy (non-hydrogen) atoms. The van der Waals surface area contributed by atoms with Crippen LogP contribution in [0.1, 0.15) is 0 Å². The highest BCUT2D eigenvalue weighted by molar-refractivity contribution is 7.07. The highest BCUT2D eigenvalue weighted by atomic mass is 32.1. The minimum atomic E-state index is -0.620. The Hall–Kier alpha value is -2.54. The Bertz CT molecular complexity index is 815. The molecule has 0 aliphatic rings. The lowest BCUT2D eigenvalue weighted by Gasteiger charge is -2.05. The highest BCUT2D eigenvalue weighted by Gasteiger charge is 2.17. The van der Waals surface area contributed by atoms with Crippen molar-refractivity contribution in [3.05, 3.63) is 51.3 Å². The van der Waals surface area contributed by atoms with Gasteiger partial charge in [-0.3, -0.25) is 4.79 Å². The zero-order valence-electron chi connectivity index (χ0n) is 10.0. The molecule has 2 N–H and O–H groups in total. The summed E-state index contributed by atoms with van der Waals surface area (Å²) in [6.07, 6.45) is 0. The monoisotopic (exact) mass is 289 g/mol. The quantitative estimate of drug-likeness (QED) is 0.759. The van der Waals surface area contributed by atoms with Crippen molar-refractivity contribution in [2.45, 2.75) is 0 Å². The van der Waals surface area contributed by atoms with E-state index in [1.807, 2.05) is 0 Å². The van der Waals surface area contributed by atoms with Crippen molar-refractivity contribution in [2.75, 3.05) is 0 Å². The van der Waals surface area contributed by atoms with Gasteiger partial charge in [0.15, 0.2) is 5.82 Å². The number of aromatic amines is 1. The van der Waals surface area contributed by atoms with E-state index in [0.717, 1.165) is 0 Å². The van der Waals surface area contributed by atoms with E-state index in [-0.39, 0.29) is 17.0 Å². The number of thiazole rings is 1. The van der Waals surface area contributed by atoms with Crippen molar-refractivity contribution in [3.8, 4) is 28.5 Å². The van der Waals surface area contributed by atoms with E-state index in [2.05, 4.69) is 15.0 Å². The van der Waals surface area contributed by atoms with Crippen LogP contribution in [-0.4, -0.2) is 20.1 Å². The van der Waals surface area contributed by atoms with Gasteiger partial charge in [-0.05, 0) is 6.07 Å². The summed E-state index contributed by atoms with van der Waals surface area (Å²) in [4.78, 5) is 22.4. The summed E-state index contributed by atoms with van der Waals surface area (Å²) in [6.45, 7) is 0. The fraction of sp³-hybridized carbons (Fsp3) is 0. The van der Waals surface area contributed by atoms with Crippen LogP contribution in [-0.2, 0) is 0 Å². The molecule has 0 bridgehead atoms. The third kappa shape index (κ3) is 2.08. The van der Waals surface area contributed by atoms with Gasteiger partial charge in [-0.25, -0.2) is 9.37 Å². The largest absolute Gasteiger partial charge is 0.493 e. The predicted octanol–water partition coefficient (Wildman–Crippen LogP) is 2.41. The van der Waals surface area contributed by atoms with Crippen molar-refractivity contribution < 1.29 is 9.50 Å². The smallest absolute Gasteiger partial charge is 0.263 e. The lowest BCUT2D eigenvalue weighted by atomic mass is 10.1. The molecule has 100 valence electrons. The summed E-state index contributed by atoms with van der Waals surface area (Å²) >= 11 is 1.33. The van der Waals surface area contributed by atoms with Crippen LogP contribution in [0.3, 0.4) is 0 Å². The molecule has 0 saturated carbocycles. The lowest BCUT2D eigenvalue weighted by molar-refractivity contribution is 0.453. The first kappa shape index (κ1) is 12.5. The molecule has 0 fully saturated rings. The molecule has 1 aromatic carbocycles. The standard InChI is InChI=1S/C13H8FN3O2S/c14-8-4-2-1-3-7(8)10-12(18)16-11(17-13(10)19)9-5-20-6-15-9/h1-6H,(H2,16,17,18,19). The van der Waals surface area contributed by atoms with Crippen LogP contribution in [0.5, 0.6) is 5.88 Å². The molecule has 0 amide bonds. The van der Waals surface area contributed by atoms with E-state index < -0.39 is 17.3 Å². The molecule has 0 saturated heterocycles. The van der Waals surface area contributed by atoms with E-state index in [4.69, 9.17) is 0 Å². The van der Waals surface area contributed by atoms with Crippen LogP contribution >= 0.6 is 11.3 Å². The van der Waals surface area contributed by atoms with Gasteiger partial charge in [0.05, 0.1) is 5.51 Å². The van der Waals surface area contributed by atoms with Crippen molar-refractivity contribution in [2.24, 2.45) is 0 Å². The number of rotatable bonds is 2. The summed E-state index contributed by atoms with van der Waals surface area (Å²) in [5.41, 5.74) is 1.22. The van der Waals surface area contributed by atoms with Gasteiger partial charge in [-0.1, -0.05) is 18.2 Å². The minimum absolute atomic E-state index is 0.00331. The Morgan fingerprint density at radius 3 is 2.75 bits per heavy atom. The molecule has 0 radical (unpaired) electrons. The number of hydrogen-bond acceptors (Lipinski definition) is 5. The maximum Gasteiger partial charge on any atom is 0.263 e. The molecule has 0 aliphatic carbocycles. The number of hydrogen-bond donors (Lipinski definition) is 2. The van der Waals surface area contributed by atoms with Crippen molar-refractivity contribution >= 4 is 11.3 Å². The number of aromatic nitrogens is 3. The zero-order valence-corrected chi connectivity index (χ0v) is 10.8. The van der Waals surface area contributed by atoms with Crippen LogP contribution < -0.4 is 5.56 Å². The second kappa shape index (κ2) is 4.86. The van der Waals surface area contributed by atoms with E-state index in [9.17, 15) is 14.3 Å². The van der Waals surface area contributed by atoms with Gasteiger partial charge in [-0.15, -0.1) is 11.3 Å². The number of nitrogens with one attached hydrogen (secondary N) is 1. The van der Waals surface area contributed by atoms with Crippen LogP contribution in [0.15, 0.2) is 40.0 Å². The maximum absolute atomic E-state index is 13.7. The van der Waals surface area contributed by atoms with Crippen molar-refractivity contribution in [1.29, 1.82) is 0 Å². The Morgan fingerprint density at radius 2 is 2.10 bits per heavy atom. The van der Waals surface area contributed by atoms with Gasteiger partial charge in [0.2, 0.25) is 5.88 Å². The van der Waals surface area contributed by atoms with Gasteiger partial charge in [0.1, 0.15) is 17.1 Å². The molecule has 0 unspecified atom stereocenters. The fourth-order valence-corrected chi connectivity index (χ4v) is 2.36. The zero-order chi connectivity index (χ0) is 14.1. The van der Waals surface area contributed by atoms with Crippen LogP contribution in [0.25, 0.3) is 22.6 Å². The van der Waals surface area contributed by atoms with Crippen LogP contribution in [0.4, 0.5) is 4.39 Å². The number of H-pyrrole nitrogens is 1. The maximum atomic E-state index is 13.7. The Morgan fingerprint density at radius 1 is 1.30 bits per heavy atom. The van der Waals surface area contributed by atoms with E-state index in [0.29, 0.717) is 5.69 Å².